The molecule has 0 heterocycles. The monoisotopic (exact) mass is 297 g/mol. The molecule has 0 saturated heterocycles. The predicted molar refractivity (Wildman–Crippen MR) is 93.4 cm³/mol. The first kappa shape index (κ1) is 16.6. The summed E-state index contributed by atoms with van der Waals surface area (Å²) in [6.45, 7) is 3.65. The van der Waals surface area contributed by atoms with Gasteiger partial charge in [0.05, 0.1) is 6.61 Å². The third-order valence-electron chi connectivity index (χ3n) is 4.00. The number of benzene rings is 2. The number of para-hydroxylation sites is 1. The molecular weight excluding hydrogens is 270 g/mol. The molecule has 0 radical (unpaired) electrons. The lowest BCUT2D eigenvalue weighted by Crippen LogP contribution is -2.15. The molecule has 2 heteroatoms. The highest BCUT2D eigenvalue weighted by molar-refractivity contribution is 5.35. The summed E-state index contributed by atoms with van der Waals surface area (Å²) < 4.78 is 5.98. The van der Waals surface area contributed by atoms with Gasteiger partial charge in [-0.05, 0) is 36.6 Å². The molecule has 1 unspecified atom stereocenters. The van der Waals surface area contributed by atoms with Crippen molar-refractivity contribution in [2.75, 3.05) is 13.2 Å². The fourth-order valence-electron chi connectivity index (χ4n) is 2.68. The Morgan fingerprint density at radius 1 is 0.955 bits per heavy atom. The first-order valence-corrected chi connectivity index (χ1v) is 8.30. The van der Waals surface area contributed by atoms with E-state index >= 15 is 0 Å². The van der Waals surface area contributed by atoms with Crippen LogP contribution in [-0.2, 0) is 6.42 Å². The van der Waals surface area contributed by atoms with E-state index in [0.29, 0.717) is 12.5 Å². The molecule has 1 atom stereocenters. The maximum Gasteiger partial charge on any atom is 0.122 e. The second-order valence-corrected chi connectivity index (χ2v) is 5.71. The van der Waals surface area contributed by atoms with Crippen LogP contribution in [0.25, 0.3) is 0 Å². The van der Waals surface area contributed by atoms with Crippen LogP contribution in [0.5, 0.6) is 5.75 Å². The lowest BCUT2D eigenvalue weighted by atomic mass is 9.92. The molecule has 0 amide bonds. The summed E-state index contributed by atoms with van der Waals surface area (Å²) in [7, 11) is 0. The van der Waals surface area contributed by atoms with E-state index in [0.717, 1.165) is 25.2 Å². The Morgan fingerprint density at radius 3 is 2.41 bits per heavy atom. The Bertz CT molecular complexity index is 538. The molecule has 118 valence electrons. The summed E-state index contributed by atoms with van der Waals surface area (Å²) in [5.74, 6) is 1.34. The Labute approximate surface area is 134 Å². The normalized spacial score (nSPS) is 12.1. The van der Waals surface area contributed by atoms with E-state index in [2.05, 4.69) is 49.4 Å². The molecule has 0 aromatic heterocycles. The largest absolute Gasteiger partial charge is 0.493 e. The van der Waals surface area contributed by atoms with Crippen molar-refractivity contribution in [2.24, 2.45) is 5.73 Å². The van der Waals surface area contributed by atoms with Gasteiger partial charge in [0, 0.05) is 5.92 Å². The topological polar surface area (TPSA) is 35.2 Å². The second kappa shape index (κ2) is 9.26. The van der Waals surface area contributed by atoms with E-state index in [1.807, 2.05) is 12.1 Å². The van der Waals surface area contributed by atoms with Gasteiger partial charge in [0.15, 0.2) is 0 Å². The van der Waals surface area contributed by atoms with Crippen molar-refractivity contribution in [1.29, 1.82) is 0 Å². The number of rotatable bonds is 9. The zero-order valence-electron chi connectivity index (χ0n) is 13.5. The quantitative estimate of drug-likeness (QED) is 0.690. The second-order valence-electron chi connectivity index (χ2n) is 5.71. The average molecular weight is 297 g/mol. The third kappa shape index (κ3) is 4.88. The Morgan fingerprint density at radius 2 is 1.68 bits per heavy atom. The number of hydrogen-bond donors (Lipinski definition) is 1. The first-order chi connectivity index (χ1) is 10.8. The van der Waals surface area contributed by atoms with Crippen molar-refractivity contribution in [3.05, 3.63) is 65.7 Å². The van der Waals surface area contributed by atoms with E-state index in [9.17, 15) is 0 Å². The van der Waals surface area contributed by atoms with Gasteiger partial charge < -0.3 is 10.5 Å². The van der Waals surface area contributed by atoms with Crippen molar-refractivity contribution in [3.63, 3.8) is 0 Å². The molecule has 22 heavy (non-hydrogen) atoms. The van der Waals surface area contributed by atoms with Gasteiger partial charge in [-0.1, -0.05) is 68.3 Å². The van der Waals surface area contributed by atoms with Crippen molar-refractivity contribution < 1.29 is 4.74 Å². The highest BCUT2D eigenvalue weighted by Gasteiger charge is 2.13. The van der Waals surface area contributed by atoms with Crippen LogP contribution in [0.1, 0.15) is 43.2 Å². The van der Waals surface area contributed by atoms with E-state index in [1.165, 1.54) is 24.0 Å². The molecule has 2 aromatic carbocycles. The van der Waals surface area contributed by atoms with Crippen LogP contribution >= 0.6 is 0 Å². The SMILES string of the molecule is CCCCCOc1ccccc1CC(CN)c1ccccc1. The maximum atomic E-state index is 6.00. The molecule has 2 nitrogen and oxygen atoms in total. The van der Waals surface area contributed by atoms with Gasteiger partial charge in [0.2, 0.25) is 0 Å². The van der Waals surface area contributed by atoms with Gasteiger partial charge in [-0.3, -0.25) is 0 Å². The molecule has 2 N–H and O–H groups in total. The van der Waals surface area contributed by atoms with Crippen LogP contribution in [0.3, 0.4) is 0 Å². The van der Waals surface area contributed by atoms with Crippen LogP contribution in [0, 0.1) is 0 Å². The minimum absolute atomic E-state index is 0.335. The van der Waals surface area contributed by atoms with Gasteiger partial charge in [-0.25, -0.2) is 0 Å². The number of unbranched alkanes of at least 4 members (excludes halogenated alkanes) is 2. The van der Waals surface area contributed by atoms with Crippen LogP contribution in [-0.4, -0.2) is 13.2 Å². The minimum Gasteiger partial charge on any atom is -0.493 e. The van der Waals surface area contributed by atoms with Crippen LogP contribution in [0.4, 0.5) is 0 Å². The fourth-order valence-corrected chi connectivity index (χ4v) is 2.68. The van der Waals surface area contributed by atoms with Gasteiger partial charge >= 0.3 is 0 Å². The highest BCUT2D eigenvalue weighted by Crippen LogP contribution is 2.26. The molecule has 0 aliphatic heterocycles. The standard InChI is InChI=1S/C20H27NO/c1-2-3-9-14-22-20-13-8-7-12-18(20)15-19(16-21)17-10-5-4-6-11-17/h4-8,10-13,19H,2-3,9,14-16,21H2,1H3. The lowest BCUT2D eigenvalue weighted by Gasteiger charge is -2.18. The zero-order chi connectivity index (χ0) is 15.6. The van der Waals surface area contributed by atoms with E-state index in [1.54, 1.807) is 0 Å². The van der Waals surface area contributed by atoms with Crippen molar-refractivity contribution in [2.45, 2.75) is 38.5 Å². The fraction of sp³-hybridized carbons (Fsp3) is 0.400. The van der Waals surface area contributed by atoms with Crippen LogP contribution in [0.15, 0.2) is 54.6 Å². The molecule has 0 bridgehead atoms. The van der Waals surface area contributed by atoms with E-state index in [-0.39, 0.29) is 0 Å². The van der Waals surface area contributed by atoms with Crippen LogP contribution in [0.2, 0.25) is 0 Å². The molecule has 0 aliphatic carbocycles. The Hall–Kier alpha value is -1.80. The van der Waals surface area contributed by atoms with Crippen LogP contribution < -0.4 is 10.5 Å². The lowest BCUT2D eigenvalue weighted by molar-refractivity contribution is 0.302. The maximum absolute atomic E-state index is 6.00. The summed E-state index contributed by atoms with van der Waals surface area (Å²) in [5.41, 5.74) is 8.55. The summed E-state index contributed by atoms with van der Waals surface area (Å²) in [6.07, 6.45) is 4.47. The summed E-state index contributed by atoms with van der Waals surface area (Å²) in [6, 6.07) is 18.8. The smallest absolute Gasteiger partial charge is 0.122 e. The van der Waals surface area contributed by atoms with Crippen molar-refractivity contribution >= 4 is 0 Å². The molecular formula is C20H27NO. The predicted octanol–water partition coefficient (Wildman–Crippen LogP) is 4.54. The summed E-state index contributed by atoms with van der Waals surface area (Å²) in [5, 5.41) is 0. The average Bonchev–Trinajstić information content (AvgIpc) is 2.58. The molecule has 2 rings (SSSR count). The summed E-state index contributed by atoms with van der Waals surface area (Å²) in [4.78, 5) is 0. The molecule has 0 spiro atoms. The molecule has 2 aromatic rings. The minimum atomic E-state index is 0.335. The van der Waals surface area contributed by atoms with E-state index < -0.39 is 0 Å². The number of nitrogens with two attached hydrogens (primary N) is 1. The zero-order valence-corrected chi connectivity index (χ0v) is 13.5. The Balaban J connectivity index is 2.04. The van der Waals surface area contributed by atoms with Crippen molar-refractivity contribution in [1.82, 2.24) is 0 Å². The number of ether oxygens (including phenoxy) is 1. The first-order valence-electron chi connectivity index (χ1n) is 8.30. The summed E-state index contributed by atoms with van der Waals surface area (Å²) >= 11 is 0. The number of hydrogen-bond acceptors (Lipinski definition) is 2. The van der Waals surface area contributed by atoms with Gasteiger partial charge in [-0.2, -0.15) is 0 Å². The molecule has 0 saturated carbocycles. The van der Waals surface area contributed by atoms with Gasteiger partial charge in [-0.15, -0.1) is 0 Å². The van der Waals surface area contributed by atoms with Gasteiger partial charge in [0.25, 0.3) is 0 Å². The molecule has 0 fully saturated rings. The highest BCUT2D eigenvalue weighted by atomic mass is 16.5. The van der Waals surface area contributed by atoms with Gasteiger partial charge in [0.1, 0.15) is 5.75 Å². The van der Waals surface area contributed by atoms with Crippen molar-refractivity contribution in [3.8, 4) is 5.75 Å². The third-order valence-corrected chi connectivity index (χ3v) is 4.00. The Kier molecular flexibility index (Phi) is 6.98. The molecule has 0 aliphatic rings. The van der Waals surface area contributed by atoms with E-state index in [4.69, 9.17) is 10.5 Å².